The van der Waals surface area contributed by atoms with E-state index in [1.807, 2.05) is 13.0 Å². The molecular weight excluding hydrogens is 376 g/mol. The lowest BCUT2D eigenvalue weighted by molar-refractivity contribution is -0.150. The summed E-state index contributed by atoms with van der Waals surface area (Å²) in [5.41, 5.74) is 1.25. The van der Waals surface area contributed by atoms with Gasteiger partial charge in [-0.2, -0.15) is 0 Å². The molecule has 30 heavy (non-hydrogen) atoms. The van der Waals surface area contributed by atoms with Crippen molar-refractivity contribution in [2.45, 2.75) is 91.6 Å². The van der Waals surface area contributed by atoms with Crippen LogP contribution in [0.25, 0.3) is 0 Å². The summed E-state index contributed by atoms with van der Waals surface area (Å²) in [5, 5.41) is 19.5. The first-order valence-electron chi connectivity index (χ1n) is 12.2. The minimum absolute atomic E-state index is 0.114. The van der Waals surface area contributed by atoms with Gasteiger partial charge in [0.25, 0.3) is 0 Å². The molecule has 0 saturated heterocycles. The van der Waals surface area contributed by atoms with Gasteiger partial charge in [0, 0.05) is 12.3 Å². The Kier molecular flexibility index (Phi) is 5.70. The molecule has 4 rings (SSSR count). The summed E-state index contributed by atoms with van der Waals surface area (Å²) in [4.78, 5) is 24.9. The number of aliphatic hydroxyl groups excluding tert-OH is 1. The number of hydrogen-bond acceptors (Lipinski definition) is 3. The topological polar surface area (TPSA) is 74.6 Å². The molecule has 168 valence electrons. The van der Waals surface area contributed by atoms with Crippen LogP contribution in [0, 0.1) is 46.3 Å². The third-order valence-electron chi connectivity index (χ3n) is 10.3. The quantitative estimate of drug-likeness (QED) is 0.614. The molecule has 0 spiro atoms. The molecule has 0 aromatic carbocycles. The summed E-state index contributed by atoms with van der Waals surface area (Å²) in [6, 6.07) is 0. The smallest absolute Gasteiger partial charge is 0.303 e. The number of carboxylic acids is 1. The van der Waals surface area contributed by atoms with Crippen molar-refractivity contribution < 1.29 is 19.8 Å². The van der Waals surface area contributed by atoms with Crippen LogP contribution in [0.3, 0.4) is 0 Å². The molecule has 4 heteroatoms. The normalized spacial score (nSPS) is 48.0. The Morgan fingerprint density at radius 3 is 2.47 bits per heavy atom. The molecule has 0 aromatic heterocycles. The number of Topliss-reactive ketones (excluding diaryl/α,β-unsaturated/α-hetero) is 1. The standard InChI is InChI=1S/C26H40O4/c1-5-17-21-14-16(27)10-12-26(21,4)20-11-13-25(3)18(15(2)6-9-22(28)29)7-8-19(25)23(20)24(17)30/h5,15-16,18-21,23,27H,6-14H2,1-4H3,(H,28,29)/t15?,16?,18?,19?,20?,21?,23?,25-,26-/m1/s1. The molecule has 0 amide bonds. The first kappa shape index (κ1) is 22.0. The number of carbonyl (C=O) groups excluding carboxylic acids is 1. The summed E-state index contributed by atoms with van der Waals surface area (Å²) >= 11 is 0. The van der Waals surface area contributed by atoms with Crippen LogP contribution in [0.4, 0.5) is 0 Å². The molecule has 4 nitrogen and oxygen atoms in total. The monoisotopic (exact) mass is 416 g/mol. The van der Waals surface area contributed by atoms with Gasteiger partial charge in [0.15, 0.2) is 5.78 Å². The van der Waals surface area contributed by atoms with E-state index in [0.29, 0.717) is 29.5 Å². The first-order chi connectivity index (χ1) is 14.1. The van der Waals surface area contributed by atoms with E-state index in [1.54, 1.807) is 0 Å². The highest BCUT2D eigenvalue weighted by molar-refractivity contribution is 5.99. The fraction of sp³-hybridized carbons (Fsp3) is 0.846. The van der Waals surface area contributed by atoms with Crippen LogP contribution in [-0.4, -0.2) is 28.1 Å². The van der Waals surface area contributed by atoms with Gasteiger partial charge in [-0.1, -0.05) is 26.8 Å². The van der Waals surface area contributed by atoms with E-state index < -0.39 is 5.97 Å². The summed E-state index contributed by atoms with van der Waals surface area (Å²) in [6.07, 6.45) is 9.86. The zero-order chi connectivity index (χ0) is 21.8. The number of allylic oxidation sites excluding steroid dienone is 2. The molecule has 2 N–H and O–H groups in total. The summed E-state index contributed by atoms with van der Waals surface area (Å²) in [6.45, 7) is 9.04. The molecule has 4 fully saturated rings. The third-order valence-corrected chi connectivity index (χ3v) is 10.3. The highest BCUT2D eigenvalue weighted by atomic mass is 16.4. The van der Waals surface area contributed by atoms with E-state index in [4.69, 9.17) is 5.11 Å². The van der Waals surface area contributed by atoms with Gasteiger partial charge in [-0.25, -0.2) is 0 Å². The molecule has 0 bridgehead atoms. The molecule has 0 heterocycles. The maximum Gasteiger partial charge on any atom is 0.303 e. The number of hydrogen-bond donors (Lipinski definition) is 2. The summed E-state index contributed by atoms with van der Waals surface area (Å²) < 4.78 is 0. The van der Waals surface area contributed by atoms with Gasteiger partial charge in [0.2, 0.25) is 0 Å². The van der Waals surface area contributed by atoms with Crippen molar-refractivity contribution >= 4 is 11.8 Å². The fourth-order valence-electron chi connectivity index (χ4n) is 8.72. The number of ketones is 1. The average Bonchev–Trinajstić information content (AvgIpc) is 3.05. The number of fused-ring (bicyclic) bond motifs is 5. The second-order valence-corrected chi connectivity index (χ2v) is 11.5. The van der Waals surface area contributed by atoms with E-state index in [0.717, 1.165) is 56.9 Å². The van der Waals surface area contributed by atoms with Crippen molar-refractivity contribution in [3.05, 3.63) is 11.6 Å². The SMILES string of the molecule is CC=C1C(=O)C2C3CCC(C(C)CCC(=O)O)[C@@]3(C)CCC2[C@@]2(C)CCC(O)CC12. The molecule has 7 unspecified atom stereocenters. The van der Waals surface area contributed by atoms with Crippen molar-refractivity contribution in [3.63, 3.8) is 0 Å². The van der Waals surface area contributed by atoms with Gasteiger partial charge in [-0.05, 0) is 104 Å². The second-order valence-electron chi connectivity index (χ2n) is 11.5. The minimum atomic E-state index is -0.705. The van der Waals surface area contributed by atoms with E-state index in [-0.39, 0.29) is 35.2 Å². The summed E-state index contributed by atoms with van der Waals surface area (Å²) in [7, 11) is 0. The molecule has 4 aliphatic rings. The number of aliphatic carboxylic acids is 1. The van der Waals surface area contributed by atoms with Crippen LogP contribution in [0.15, 0.2) is 11.6 Å². The minimum Gasteiger partial charge on any atom is -0.481 e. The van der Waals surface area contributed by atoms with Crippen molar-refractivity contribution in [2.75, 3.05) is 0 Å². The highest BCUT2D eigenvalue weighted by Gasteiger charge is 2.64. The van der Waals surface area contributed by atoms with Crippen molar-refractivity contribution in [2.24, 2.45) is 46.3 Å². The number of rotatable bonds is 4. The van der Waals surface area contributed by atoms with E-state index >= 15 is 0 Å². The largest absolute Gasteiger partial charge is 0.481 e. The van der Waals surface area contributed by atoms with Gasteiger partial charge in [-0.3, -0.25) is 9.59 Å². The number of aliphatic hydroxyl groups is 1. The van der Waals surface area contributed by atoms with Gasteiger partial charge >= 0.3 is 5.97 Å². The van der Waals surface area contributed by atoms with E-state index in [9.17, 15) is 14.7 Å². The predicted molar refractivity (Wildman–Crippen MR) is 117 cm³/mol. The Labute approximate surface area is 181 Å². The number of carbonyl (C=O) groups is 2. The van der Waals surface area contributed by atoms with E-state index in [1.165, 1.54) is 0 Å². The van der Waals surface area contributed by atoms with Crippen molar-refractivity contribution in [3.8, 4) is 0 Å². The molecule has 0 aliphatic heterocycles. The van der Waals surface area contributed by atoms with Crippen LogP contribution in [0.1, 0.15) is 85.5 Å². The van der Waals surface area contributed by atoms with Crippen LogP contribution < -0.4 is 0 Å². The molecular formula is C26H40O4. The van der Waals surface area contributed by atoms with Crippen LogP contribution >= 0.6 is 0 Å². The third kappa shape index (κ3) is 3.20. The second kappa shape index (κ2) is 7.76. The zero-order valence-corrected chi connectivity index (χ0v) is 19.2. The Morgan fingerprint density at radius 2 is 1.80 bits per heavy atom. The Hall–Kier alpha value is -1.16. The lowest BCUT2D eigenvalue weighted by Gasteiger charge is -2.61. The summed E-state index contributed by atoms with van der Waals surface area (Å²) in [5.74, 6) is 1.74. The molecule has 0 aromatic rings. The maximum absolute atomic E-state index is 13.8. The molecule has 9 atom stereocenters. The Balaban J connectivity index is 1.64. The lowest BCUT2D eigenvalue weighted by Crippen LogP contribution is -2.58. The Bertz CT molecular complexity index is 741. The number of carboxylic acid groups (broad SMARTS) is 1. The van der Waals surface area contributed by atoms with Crippen molar-refractivity contribution in [1.29, 1.82) is 0 Å². The van der Waals surface area contributed by atoms with Gasteiger partial charge in [-0.15, -0.1) is 0 Å². The molecule has 4 saturated carbocycles. The van der Waals surface area contributed by atoms with Crippen LogP contribution in [0.5, 0.6) is 0 Å². The van der Waals surface area contributed by atoms with Gasteiger partial charge in [0.1, 0.15) is 0 Å². The zero-order valence-electron chi connectivity index (χ0n) is 19.2. The van der Waals surface area contributed by atoms with Gasteiger partial charge in [0.05, 0.1) is 6.10 Å². The Morgan fingerprint density at radius 1 is 1.13 bits per heavy atom. The molecule has 4 aliphatic carbocycles. The molecule has 0 radical (unpaired) electrons. The predicted octanol–water partition coefficient (Wildman–Crippen LogP) is 5.24. The fourth-order valence-corrected chi connectivity index (χ4v) is 8.72. The highest BCUT2D eigenvalue weighted by Crippen LogP contribution is 2.68. The van der Waals surface area contributed by atoms with E-state index in [2.05, 4.69) is 20.8 Å². The van der Waals surface area contributed by atoms with Gasteiger partial charge < -0.3 is 10.2 Å². The van der Waals surface area contributed by atoms with Crippen LogP contribution in [0.2, 0.25) is 0 Å². The average molecular weight is 417 g/mol. The lowest BCUT2D eigenvalue weighted by atomic mass is 9.43. The van der Waals surface area contributed by atoms with Crippen molar-refractivity contribution in [1.82, 2.24) is 0 Å². The maximum atomic E-state index is 13.8. The first-order valence-corrected chi connectivity index (χ1v) is 12.2. The van der Waals surface area contributed by atoms with Crippen LogP contribution in [-0.2, 0) is 9.59 Å².